The van der Waals surface area contributed by atoms with Gasteiger partial charge in [-0.05, 0) is 31.2 Å². The third-order valence-electron chi connectivity index (χ3n) is 2.71. The Labute approximate surface area is 117 Å². The zero-order valence-electron chi connectivity index (χ0n) is 11.2. The molecule has 0 unspecified atom stereocenters. The highest BCUT2D eigenvalue weighted by molar-refractivity contribution is 5.80. The highest BCUT2D eigenvalue weighted by Crippen LogP contribution is 2.15. The van der Waals surface area contributed by atoms with Gasteiger partial charge in [0.1, 0.15) is 5.75 Å². The van der Waals surface area contributed by atoms with Crippen LogP contribution in [0.25, 0.3) is 0 Å². The number of hydrogen-bond donors (Lipinski definition) is 2. The Morgan fingerprint density at radius 3 is 2.90 bits per heavy atom. The van der Waals surface area contributed by atoms with E-state index in [-0.39, 0.29) is 5.91 Å². The van der Waals surface area contributed by atoms with Crippen LogP contribution in [-0.2, 0) is 11.3 Å². The van der Waals surface area contributed by atoms with E-state index in [1.165, 1.54) is 0 Å². The van der Waals surface area contributed by atoms with E-state index < -0.39 is 6.10 Å². The minimum Gasteiger partial charge on any atom is -0.481 e. The number of amides is 1. The Balaban J connectivity index is 1.86. The lowest BCUT2D eigenvalue weighted by molar-refractivity contribution is -0.127. The van der Waals surface area contributed by atoms with Crippen molar-refractivity contribution < 1.29 is 9.53 Å². The number of benzene rings is 1. The first kappa shape index (κ1) is 13.9. The Kier molecular flexibility index (Phi) is 4.55. The largest absolute Gasteiger partial charge is 0.481 e. The van der Waals surface area contributed by atoms with E-state index in [1.807, 2.05) is 18.2 Å². The van der Waals surface area contributed by atoms with Crippen molar-refractivity contribution >= 4 is 11.6 Å². The summed E-state index contributed by atoms with van der Waals surface area (Å²) in [4.78, 5) is 16.0. The molecule has 1 atom stereocenters. The van der Waals surface area contributed by atoms with Gasteiger partial charge in [0.2, 0.25) is 0 Å². The molecule has 1 heterocycles. The first-order chi connectivity index (χ1) is 9.65. The molecule has 104 valence electrons. The standard InChI is InChI=1S/C15H17N3O2/c1-11(20-14-7-4-5-12(16)9-14)15(19)18-10-13-6-2-3-8-17-13/h2-9,11H,10,16H2,1H3,(H,18,19)/t11-/m0/s1. The van der Waals surface area contributed by atoms with Crippen LogP contribution in [0.3, 0.4) is 0 Å². The number of carbonyl (C=O) groups excluding carboxylic acids is 1. The van der Waals surface area contributed by atoms with Crippen LogP contribution < -0.4 is 15.8 Å². The maximum absolute atomic E-state index is 11.9. The number of ether oxygens (including phenoxy) is 1. The first-order valence-corrected chi connectivity index (χ1v) is 6.35. The lowest BCUT2D eigenvalue weighted by Gasteiger charge is -2.14. The van der Waals surface area contributed by atoms with Crippen LogP contribution in [0.4, 0.5) is 5.69 Å². The van der Waals surface area contributed by atoms with E-state index in [4.69, 9.17) is 10.5 Å². The number of carbonyl (C=O) groups is 1. The smallest absolute Gasteiger partial charge is 0.261 e. The molecule has 2 aromatic rings. The summed E-state index contributed by atoms with van der Waals surface area (Å²) in [6.07, 6.45) is 1.09. The second-order valence-electron chi connectivity index (χ2n) is 4.37. The molecule has 0 fully saturated rings. The summed E-state index contributed by atoms with van der Waals surface area (Å²) in [6, 6.07) is 12.5. The topological polar surface area (TPSA) is 77.2 Å². The van der Waals surface area contributed by atoms with Crippen LogP contribution in [0, 0.1) is 0 Å². The van der Waals surface area contributed by atoms with Gasteiger partial charge in [-0.25, -0.2) is 0 Å². The summed E-state index contributed by atoms with van der Waals surface area (Å²) in [7, 11) is 0. The molecule has 2 rings (SSSR count). The van der Waals surface area contributed by atoms with Gasteiger partial charge >= 0.3 is 0 Å². The number of nitrogens with two attached hydrogens (primary N) is 1. The monoisotopic (exact) mass is 271 g/mol. The molecule has 5 nitrogen and oxygen atoms in total. The van der Waals surface area contributed by atoms with E-state index in [1.54, 1.807) is 37.4 Å². The predicted octanol–water partition coefficient (Wildman–Crippen LogP) is 1.75. The van der Waals surface area contributed by atoms with E-state index >= 15 is 0 Å². The van der Waals surface area contributed by atoms with Gasteiger partial charge < -0.3 is 15.8 Å². The van der Waals surface area contributed by atoms with Crippen molar-refractivity contribution in [2.24, 2.45) is 0 Å². The SMILES string of the molecule is C[C@H](Oc1cccc(N)c1)C(=O)NCc1ccccn1. The third kappa shape index (κ3) is 3.98. The molecule has 5 heteroatoms. The number of hydrogen-bond acceptors (Lipinski definition) is 4. The Morgan fingerprint density at radius 2 is 2.20 bits per heavy atom. The average molecular weight is 271 g/mol. The van der Waals surface area contributed by atoms with Gasteiger partial charge in [0.05, 0.1) is 12.2 Å². The van der Waals surface area contributed by atoms with E-state index in [0.29, 0.717) is 18.0 Å². The van der Waals surface area contributed by atoms with Gasteiger partial charge in [-0.3, -0.25) is 9.78 Å². The van der Waals surface area contributed by atoms with Gasteiger partial charge in [-0.2, -0.15) is 0 Å². The predicted molar refractivity (Wildman–Crippen MR) is 77.0 cm³/mol. The summed E-state index contributed by atoms with van der Waals surface area (Å²) in [6.45, 7) is 2.07. The fourth-order valence-electron chi connectivity index (χ4n) is 1.67. The number of nitrogen functional groups attached to an aromatic ring is 1. The summed E-state index contributed by atoms with van der Waals surface area (Å²) in [5, 5.41) is 2.78. The van der Waals surface area contributed by atoms with Crippen molar-refractivity contribution in [2.45, 2.75) is 19.6 Å². The van der Waals surface area contributed by atoms with Crippen molar-refractivity contribution in [3.63, 3.8) is 0 Å². The van der Waals surface area contributed by atoms with Gasteiger partial charge in [-0.15, -0.1) is 0 Å². The maximum atomic E-state index is 11.9. The molecule has 0 aliphatic rings. The molecular weight excluding hydrogens is 254 g/mol. The molecule has 0 aliphatic carbocycles. The minimum atomic E-state index is -0.597. The zero-order chi connectivity index (χ0) is 14.4. The van der Waals surface area contributed by atoms with Crippen LogP contribution >= 0.6 is 0 Å². The molecule has 1 amide bonds. The number of aromatic nitrogens is 1. The van der Waals surface area contributed by atoms with E-state index in [0.717, 1.165) is 5.69 Å². The highest BCUT2D eigenvalue weighted by atomic mass is 16.5. The van der Waals surface area contributed by atoms with Crippen LogP contribution in [-0.4, -0.2) is 17.0 Å². The van der Waals surface area contributed by atoms with Crippen LogP contribution in [0.1, 0.15) is 12.6 Å². The molecule has 1 aromatic carbocycles. The van der Waals surface area contributed by atoms with Gasteiger partial charge in [0.15, 0.2) is 6.10 Å². The Hall–Kier alpha value is -2.56. The van der Waals surface area contributed by atoms with Crippen molar-refractivity contribution in [1.82, 2.24) is 10.3 Å². The fraction of sp³-hybridized carbons (Fsp3) is 0.200. The van der Waals surface area contributed by atoms with Crippen LogP contribution in [0.15, 0.2) is 48.7 Å². The summed E-state index contributed by atoms with van der Waals surface area (Å²) in [5.41, 5.74) is 7.06. The highest BCUT2D eigenvalue weighted by Gasteiger charge is 2.14. The second kappa shape index (κ2) is 6.56. The molecule has 0 bridgehead atoms. The molecule has 1 aromatic heterocycles. The molecule has 0 saturated heterocycles. The second-order valence-corrected chi connectivity index (χ2v) is 4.37. The minimum absolute atomic E-state index is 0.196. The lowest BCUT2D eigenvalue weighted by atomic mass is 10.3. The number of anilines is 1. The normalized spacial score (nSPS) is 11.7. The molecule has 0 spiro atoms. The zero-order valence-corrected chi connectivity index (χ0v) is 11.2. The van der Waals surface area contributed by atoms with Crippen molar-refractivity contribution in [3.8, 4) is 5.75 Å². The molecule has 0 aliphatic heterocycles. The summed E-state index contributed by atoms with van der Waals surface area (Å²) < 4.78 is 5.53. The molecule has 3 N–H and O–H groups in total. The van der Waals surface area contributed by atoms with E-state index in [9.17, 15) is 4.79 Å². The number of rotatable bonds is 5. The van der Waals surface area contributed by atoms with Gasteiger partial charge in [0.25, 0.3) is 5.91 Å². The maximum Gasteiger partial charge on any atom is 0.261 e. The van der Waals surface area contributed by atoms with Crippen molar-refractivity contribution in [2.75, 3.05) is 5.73 Å². The van der Waals surface area contributed by atoms with Gasteiger partial charge in [-0.1, -0.05) is 12.1 Å². The fourth-order valence-corrected chi connectivity index (χ4v) is 1.67. The molecule has 20 heavy (non-hydrogen) atoms. The Bertz CT molecular complexity index is 572. The first-order valence-electron chi connectivity index (χ1n) is 6.35. The molecule has 0 saturated carbocycles. The quantitative estimate of drug-likeness (QED) is 0.812. The Morgan fingerprint density at radius 1 is 1.35 bits per heavy atom. The number of pyridine rings is 1. The van der Waals surface area contributed by atoms with E-state index in [2.05, 4.69) is 10.3 Å². The van der Waals surface area contributed by atoms with Gasteiger partial charge in [0, 0.05) is 18.0 Å². The summed E-state index contributed by atoms with van der Waals surface area (Å²) in [5.74, 6) is 0.378. The van der Waals surface area contributed by atoms with Crippen molar-refractivity contribution in [1.29, 1.82) is 0 Å². The summed E-state index contributed by atoms with van der Waals surface area (Å²) >= 11 is 0. The third-order valence-corrected chi connectivity index (χ3v) is 2.71. The number of nitrogens with one attached hydrogen (secondary N) is 1. The lowest BCUT2D eigenvalue weighted by Crippen LogP contribution is -2.36. The molecule has 0 radical (unpaired) electrons. The van der Waals surface area contributed by atoms with Crippen LogP contribution in [0.5, 0.6) is 5.75 Å². The molecular formula is C15H17N3O2. The average Bonchev–Trinajstić information content (AvgIpc) is 2.46. The van der Waals surface area contributed by atoms with Crippen LogP contribution in [0.2, 0.25) is 0 Å². The van der Waals surface area contributed by atoms with Crippen molar-refractivity contribution in [3.05, 3.63) is 54.4 Å². The number of nitrogens with zero attached hydrogens (tertiary/aromatic N) is 1.